The average molecular weight is 405 g/mol. The quantitative estimate of drug-likeness (QED) is 0.569. The third-order valence-electron chi connectivity index (χ3n) is 4.68. The molecule has 3 aromatic rings. The molecule has 1 saturated heterocycles. The van der Waals surface area contributed by atoms with E-state index in [4.69, 9.17) is 4.98 Å². The summed E-state index contributed by atoms with van der Waals surface area (Å²) in [7, 11) is 0. The summed E-state index contributed by atoms with van der Waals surface area (Å²) in [5.41, 5.74) is 1.00. The summed E-state index contributed by atoms with van der Waals surface area (Å²) in [5, 5.41) is 1.07. The highest BCUT2D eigenvalue weighted by atomic mass is 32.2. The Labute approximate surface area is 164 Å². The van der Waals surface area contributed by atoms with Gasteiger partial charge in [-0.25, -0.2) is 13.8 Å². The van der Waals surface area contributed by atoms with Crippen LogP contribution < -0.4 is 0 Å². The minimum absolute atomic E-state index is 0.0189. The molecule has 0 aliphatic carbocycles. The molecule has 0 bridgehead atoms. The van der Waals surface area contributed by atoms with Crippen molar-refractivity contribution < 1.29 is 13.6 Å². The molecule has 1 fully saturated rings. The Balaban J connectivity index is 1.40. The van der Waals surface area contributed by atoms with E-state index >= 15 is 0 Å². The van der Waals surface area contributed by atoms with Crippen LogP contribution >= 0.6 is 23.1 Å². The Bertz CT molecular complexity index is 943. The van der Waals surface area contributed by atoms with E-state index < -0.39 is 11.6 Å². The number of nitrogens with zero attached hydrogens (tertiary/aromatic N) is 2. The van der Waals surface area contributed by atoms with Crippen LogP contribution in [0.2, 0.25) is 0 Å². The van der Waals surface area contributed by atoms with Crippen LogP contribution in [0.15, 0.2) is 47.4 Å². The fourth-order valence-corrected chi connectivity index (χ4v) is 5.21. The SMILES string of the molecule is O=C(CSc1ccc(F)cc1F)N1CCC[C@@H](c2nc3ccccc3s2)C1. The van der Waals surface area contributed by atoms with Crippen LogP contribution in [0.4, 0.5) is 8.78 Å². The second kappa shape index (κ2) is 7.94. The van der Waals surface area contributed by atoms with E-state index in [1.807, 2.05) is 23.1 Å². The van der Waals surface area contributed by atoms with Gasteiger partial charge < -0.3 is 4.90 Å². The van der Waals surface area contributed by atoms with Gasteiger partial charge in [0.05, 0.1) is 21.0 Å². The zero-order chi connectivity index (χ0) is 18.8. The Morgan fingerprint density at radius 2 is 2.11 bits per heavy atom. The molecule has 7 heteroatoms. The van der Waals surface area contributed by atoms with Crippen molar-refractivity contribution in [2.45, 2.75) is 23.7 Å². The molecule has 1 aromatic heterocycles. The molecule has 3 nitrogen and oxygen atoms in total. The van der Waals surface area contributed by atoms with Crippen molar-refractivity contribution in [2.24, 2.45) is 0 Å². The van der Waals surface area contributed by atoms with Crippen LogP contribution in [-0.2, 0) is 4.79 Å². The molecule has 1 aliphatic heterocycles. The Kier molecular flexibility index (Phi) is 5.41. The molecule has 0 unspecified atom stereocenters. The summed E-state index contributed by atoms with van der Waals surface area (Å²) in [6, 6.07) is 11.5. The average Bonchev–Trinajstić information content (AvgIpc) is 3.11. The number of fused-ring (bicyclic) bond motifs is 1. The molecule has 2 aromatic carbocycles. The number of para-hydroxylation sites is 1. The molecule has 4 rings (SSSR count). The molecular weight excluding hydrogens is 386 g/mol. The van der Waals surface area contributed by atoms with Crippen molar-refractivity contribution in [2.75, 3.05) is 18.8 Å². The van der Waals surface area contributed by atoms with E-state index in [9.17, 15) is 13.6 Å². The molecule has 0 N–H and O–H groups in total. The number of rotatable bonds is 4. The monoisotopic (exact) mass is 404 g/mol. The lowest BCUT2D eigenvalue weighted by molar-refractivity contribution is -0.129. The molecule has 0 spiro atoms. The number of piperidine rings is 1. The largest absolute Gasteiger partial charge is 0.341 e. The number of amides is 1. The molecular formula is C20H18F2N2OS2. The molecule has 2 heterocycles. The maximum atomic E-state index is 13.7. The first kappa shape index (κ1) is 18.4. The van der Waals surface area contributed by atoms with Gasteiger partial charge in [0, 0.05) is 30.0 Å². The topological polar surface area (TPSA) is 33.2 Å². The van der Waals surface area contributed by atoms with Gasteiger partial charge in [-0.15, -0.1) is 23.1 Å². The second-order valence-corrected chi connectivity index (χ2v) is 8.64. The summed E-state index contributed by atoms with van der Waals surface area (Å²) < 4.78 is 27.9. The smallest absolute Gasteiger partial charge is 0.232 e. The highest BCUT2D eigenvalue weighted by molar-refractivity contribution is 8.00. The Morgan fingerprint density at radius 1 is 1.26 bits per heavy atom. The van der Waals surface area contributed by atoms with Gasteiger partial charge in [-0.1, -0.05) is 12.1 Å². The molecule has 27 heavy (non-hydrogen) atoms. The summed E-state index contributed by atoms with van der Waals surface area (Å²) >= 11 is 2.80. The van der Waals surface area contributed by atoms with Crippen LogP contribution in [0.3, 0.4) is 0 Å². The van der Waals surface area contributed by atoms with Crippen molar-refractivity contribution in [3.8, 4) is 0 Å². The fraction of sp³-hybridized carbons (Fsp3) is 0.300. The summed E-state index contributed by atoms with van der Waals surface area (Å²) in [6.07, 6.45) is 1.95. The summed E-state index contributed by atoms with van der Waals surface area (Å²) in [6.45, 7) is 1.36. The lowest BCUT2D eigenvalue weighted by atomic mass is 9.99. The van der Waals surface area contributed by atoms with Gasteiger partial charge in [0.2, 0.25) is 5.91 Å². The van der Waals surface area contributed by atoms with Crippen LogP contribution in [-0.4, -0.2) is 34.6 Å². The number of aromatic nitrogens is 1. The number of carbonyl (C=O) groups excluding carboxylic acids is 1. The number of thiazole rings is 1. The fourth-order valence-electron chi connectivity index (χ4n) is 3.29. The van der Waals surface area contributed by atoms with Gasteiger partial charge in [0.15, 0.2) is 0 Å². The number of hydrogen-bond donors (Lipinski definition) is 0. The van der Waals surface area contributed by atoms with Gasteiger partial charge in [0.25, 0.3) is 0 Å². The lowest BCUT2D eigenvalue weighted by Crippen LogP contribution is -2.40. The zero-order valence-electron chi connectivity index (χ0n) is 14.5. The normalized spacial score (nSPS) is 17.4. The molecule has 1 amide bonds. The minimum atomic E-state index is -0.626. The Morgan fingerprint density at radius 3 is 2.93 bits per heavy atom. The third-order valence-corrected chi connectivity index (χ3v) is 6.91. The third kappa shape index (κ3) is 4.14. The van der Waals surface area contributed by atoms with Crippen LogP contribution in [0, 0.1) is 11.6 Å². The van der Waals surface area contributed by atoms with Gasteiger partial charge in [-0.3, -0.25) is 4.79 Å². The molecule has 1 aliphatic rings. The first-order valence-corrected chi connectivity index (χ1v) is 10.6. The Hall–Kier alpha value is -1.99. The highest BCUT2D eigenvalue weighted by Crippen LogP contribution is 2.33. The number of halogens is 2. The van der Waals surface area contributed by atoms with Gasteiger partial charge in [-0.05, 0) is 37.1 Å². The molecule has 140 valence electrons. The maximum absolute atomic E-state index is 13.7. The minimum Gasteiger partial charge on any atom is -0.341 e. The van der Waals surface area contributed by atoms with Gasteiger partial charge in [0.1, 0.15) is 11.6 Å². The number of hydrogen-bond acceptors (Lipinski definition) is 4. The highest BCUT2D eigenvalue weighted by Gasteiger charge is 2.27. The van der Waals surface area contributed by atoms with E-state index in [2.05, 4.69) is 6.07 Å². The number of thioether (sulfide) groups is 1. The predicted octanol–water partition coefficient (Wildman–Crippen LogP) is 5.07. The number of carbonyl (C=O) groups is 1. The first-order chi connectivity index (χ1) is 13.1. The standard InChI is InChI=1S/C20H18F2N2OS2/c21-14-7-8-17(15(22)10-14)26-12-19(25)24-9-3-4-13(11-24)20-23-16-5-1-2-6-18(16)27-20/h1-2,5-8,10,13H,3-4,9,11-12H2/t13-/m1/s1. The van der Waals surface area contributed by atoms with Crippen molar-refractivity contribution >= 4 is 39.2 Å². The molecule has 0 saturated carbocycles. The van der Waals surface area contributed by atoms with Gasteiger partial charge >= 0.3 is 0 Å². The van der Waals surface area contributed by atoms with Crippen LogP contribution in [0.25, 0.3) is 10.2 Å². The van der Waals surface area contributed by atoms with Crippen LogP contribution in [0.1, 0.15) is 23.8 Å². The molecule has 0 radical (unpaired) electrons. The van der Waals surface area contributed by atoms with E-state index in [0.29, 0.717) is 18.0 Å². The van der Waals surface area contributed by atoms with Gasteiger partial charge in [-0.2, -0.15) is 0 Å². The van der Waals surface area contributed by atoms with E-state index in [1.165, 1.54) is 16.8 Å². The number of likely N-dealkylation sites (tertiary alicyclic amines) is 1. The molecule has 1 atom stereocenters. The summed E-state index contributed by atoms with van der Waals surface area (Å²) in [4.78, 5) is 19.5. The predicted molar refractivity (Wildman–Crippen MR) is 105 cm³/mol. The van der Waals surface area contributed by atoms with Crippen molar-refractivity contribution in [1.29, 1.82) is 0 Å². The van der Waals surface area contributed by atoms with Crippen LogP contribution in [0.5, 0.6) is 0 Å². The van der Waals surface area contributed by atoms with Crippen molar-refractivity contribution in [1.82, 2.24) is 9.88 Å². The maximum Gasteiger partial charge on any atom is 0.232 e. The second-order valence-electron chi connectivity index (χ2n) is 6.56. The van der Waals surface area contributed by atoms with Crippen molar-refractivity contribution in [3.63, 3.8) is 0 Å². The van der Waals surface area contributed by atoms with E-state index in [-0.39, 0.29) is 17.6 Å². The van der Waals surface area contributed by atoms with E-state index in [1.54, 1.807) is 11.3 Å². The van der Waals surface area contributed by atoms with E-state index in [0.717, 1.165) is 41.2 Å². The van der Waals surface area contributed by atoms with Crippen molar-refractivity contribution in [3.05, 3.63) is 59.1 Å². The summed E-state index contributed by atoms with van der Waals surface area (Å²) in [5.74, 6) is -0.867. The number of benzene rings is 2. The first-order valence-electron chi connectivity index (χ1n) is 8.81. The zero-order valence-corrected chi connectivity index (χ0v) is 16.2. The lowest BCUT2D eigenvalue weighted by Gasteiger charge is -2.31.